The maximum Gasteiger partial charge on any atom is 0.335 e. The molecule has 1 saturated carbocycles. The zero-order chi connectivity index (χ0) is 28.6. The third-order valence-corrected chi connectivity index (χ3v) is 9.13. The van der Waals surface area contributed by atoms with Gasteiger partial charge in [-0.3, -0.25) is 14.3 Å². The number of carboxylic acids is 1. The molecule has 2 aromatic heterocycles. The van der Waals surface area contributed by atoms with E-state index in [4.69, 9.17) is 0 Å². The van der Waals surface area contributed by atoms with E-state index in [9.17, 15) is 14.7 Å². The Labute approximate surface area is 235 Å². The number of nitrogens with zero attached hydrogens (tertiary/aromatic N) is 2. The zero-order valence-corrected chi connectivity index (χ0v) is 23.7. The molecule has 0 saturated heterocycles. The zero-order valence-electron chi connectivity index (χ0n) is 23.7. The molecular weight excluding hydrogens is 505 g/mol. The Morgan fingerprint density at radius 3 is 2.67 bits per heavy atom. The monoisotopic (exact) mass is 543 g/mol. The first-order chi connectivity index (χ1) is 19.2. The summed E-state index contributed by atoms with van der Waals surface area (Å²) in [5.41, 5.74) is 6.38. The fourth-order valence-electron chi connectivity index (χ4n) is 6.95. The maximum absolute atomic E-state index is 15.1. The molecule has 0 radical (unpaired) electrons. The van der Waals surface area contributed by atoms with Crippen LogP contribution < -0.4 is 10.9 Å². The fraction of sp³-hybridized carbons (Fsp3) is 0.424. The number of nitrogens with one attached hydrogen (secondary N) is 1. The Morgan fingerprint density at radius 2 is 1.98 bits per heavy atom. The first-order valence-corrected chi connectivity index (χ1v) is 14.3. The van der Waals surface area contributed by atoms with Gasteiger partial charge in [0.15, 0.2) is 0 Å². The van der Waals surface area contributed by atoms with Gasteiger partial charge in [-0.2, -0.15) is 0 Å². The van der Waals surface area contributed by atoms with Gasteiger partial charge in [0, 0.05) is 36.8 Å². The third kappa shape index (κ3) is 5.34. The topological polar surface area (TPSA) is 84.2 Å². The summed E-state index contributed by atoms with van der Waals surface area (Å²) < 4.78 is 16.8. The lowest BCUT2D eigenvalue weighted by atomic mass is 9.73. The summed E-state index contributed by atoms with van der Waals surface area (Å²) in [6.45, 7) is 6.40. The van der Waals surface area contributed by atoms with Gasteiger partial charge in [0.2, 0.25) is 0 Å². The molecule has 4 atom stereocenters. The molecule has 40 heavy (non-hydrogen) atoms. The van der Waals surface area contributed by atoms with Gasteiger partial charge < -0.3 is 10.4 Å². The van der Waals surface area contributed by atoms with Crippen molar-refractivity contribution in [2.24, 2.45) is 17.8 Å². The number of hydrogen-bond acceptors (Lipinski definition) is 4. The standard InChI is InChI=1S/C33H38FN3O3/c1-19-15-29-27(30(10-12-36-29)37-13-11-25(35-4)17-31(37)38)18-26(19)21(3)22-6-5-7-23(9-8-22)32-20(2)14-24(33(39)40)16-28(32)34/h10-14,16-19,21-23,35H,5-9,15H2,1-4H3,(H,39,40)/t19?,21-,22?,23?/m1/s1. The Balaban J connectivity index is 1.41. The SMILES string of the molecule is CNc1ccn(-c2ccnc3c2C=C([C@H](C)C2CCCC(c4c(C)cc(C(=O)O)cc4F)CC2)C(C)C3)c(=O)c1. The van der Waals surface area contributed by atoms with E-state index in [1.54, 1.807) is 29.9 Å². The molecule has 0 amide bonds. The van der Waals surface area contributed by atoms with Crippen LogP contribution in [0.15, 0.2) is 53.1 Å². The number of pyridine rings is 2. The number of aromatic nitrogens is 2. The van der Waals surface area contributed by atoms with E-state index >= 15 is 4.39 Å². The Bertz CT molecular complexity index is 1500. The highest BCUT2D eigenvalue weighted by atomic mass is 19.1. The van der Waals surface area contributed by atoms with Gasteiger partial charge in [-0.1, -0.05) is 31.9 Å². The van der Waals surface area contributed by atoms with Gasteiger partial charge in [0.05, 0.1) is 16.9 Å². The summed E-state index contributed by atoms with van der Waals surface area (Å²) in [7, 11) is 1.80. The van der Waals surface area contributed by atoms with Crippen LogP contribution in [0.5, 0.6) is 0 Å². The van der Waals surface area contributed by atoms with Crippen molar-refractivity contribution in [3.8, 4) is 5.69 Å². The van der Waals surface area contributed by atoms with E-state index in [1.165, 1.54) is 11.6 Å². The Hall–Kier alpha value is -3.74. The summed E-state index contributed by atoms with van der Waals surface area (Å²) in [5.74, 6) is -0.235. The van der Waals surface area contributed by atoms with Gasteiger partial charge in [0.25, 0.3) is 5.56 Å². The van der Waals surface area contributed by atoms with Crippen LogP contribution in [0.2, 0.25) is 0 Å². The van der Waals surface area contributed by atoms with E-state index < -0.39 is 11.8 Å². The van der Waals surface area contributed by atoms with Crippen molar-refractivity contribution < 1.29 is 14.3 Å². The number of halogens is 1. The van der Waals surface area contributed by atoms with Crippen molar-refractivity contribution in [3.05, 3.63) is 92.4 Å². The molecule has 2 heterocycles. The van der Waals surface area contributed by atoms with Crippen LogP contribution in [-0.2, 0) is 6.42 Å². The van der Waals surface area contributed by atoms with Crippen LogP contribution in [0.25, 0.3) is 11.8 Å². The van der Waals surface area contributed by atoms with E-state index in [0.29, 0.717) is 23.3 Å². The minimum absolute atomic E-state index is 0.00599. The second kappa shape index (κ2) is 11.4. The van der Waals surface area contributed by atoms with Crippen LogP contribution in [0.1, 0.15) is 84.6 Å². The highest BCUT2D eigenvalue weighted by molar-refractivity contribution is 5.88. The highest BCUT2D eigenvalue weighted by Crippen LogP contribution is 2.44. The van der Waals surface area contributed by atoms with Crippen molar-refractivity contribution >= 4 is 17.7 Å². The lowest BCUT2D eigenvalue weighted by Gasteiger charge is -2.32. The smallest absolute Gasteiger partial charge is 0.335 e. The van der Waals surface area contributed by atoms with Crippen molar-refractivity contribution in [2.75, 3.05) is 12.4 Å². The minimum atomic E-state index is -1.10. The first-order valence-electron chi connectivity index (χ1n) is 14.3. The van der Waals surface area contributed by atoms with E-state index in [1.807, 2.05) is 25.3 Å². The maximum atomic E-state index is 15.1. The number of carbonyl (C=O) groups is 1. The minimum Gasteiger partial charge on any atom is -0.478 e. The molecule has 0 spiro atoms. The number of hydrogen-bond donors (Lipinski definition) is 2. The molecule has 1 fully saturated rings. The fourth-order valence-corrected chi connectivity index (χ4v) is 6.95. The lowest BCUT2D eigenvalue weighted by molar-refractivity contribution is 0.0696. The van der Waals surface area contributed by atoms with Gasteiger partial charge in [0.1, 0.15) is 5.82 Å². The summed E-state index contributed by atoms with van der Waals surface area (Å²) in [6, 6.07) is 8.19. The second-order valence-corrected chi connectivity index (χ2v) is 11.6. The molecule has 5 rings (SSSR count). The van der Waals surface area contributed by atoms with Crippen molar-refractivity contribution in [1.82, 2.24) is 9.55 Å². The van der Waals surface area contributed by atoms with E-state index in [-0.39, 0.29) is 17.0 Å². The predicted molar refractivity (Wildman–Crippen MR) is 157 cm³/mol. The van der Waals surface area contributed by atoms with Crippen LogP contribution in [0.3, 0.4) is 0 Å². The number of benzene rings is 1. The van der Waals surface area contributed by atoms with Crippen LogP contribution >= 0.6 is 0 Å². The molecule has 3 unspecified atom stereocenters. The van der Waals surface area contributed by atoms with Crippen molar-refractivity contribution in [1.29, 1.82) is 0 Å². The molecule has 3 aromatic rings. The number of anilines is 1. The molecule has 2 aliphatic rings. The number of rotatable bonds is 6. The molecule has 6 nitrogen and oxygen atoms in total. The molecule has 0 aliphatic heterocycles. The summed E-state index contributed by atoms with van der Waals surface area (Å²) in [5, 5.41) is 12.3. The van der Waals surface area contributed by atoms with Gasteiger partial charge in [-0.15, -0.1) is 0 Å². The van der Waals surface area contributed by atoms with E-state index in [0.717, 1.165) is 66.7 Å². The number of carboxylic acid groups (broad SMARTS) is 1. The molecule has 1 aromatic carbocycles. The molecule has 2 aliphatic carbocycles. The molecular formula is C33H38FN3O3. The molecule has 0 bridgehead atoms. The van der Waals surface area contributed by atoms with Gasteiger partial charge in [-0.25, -0.2) is 9.18 Å². The molecule has 7 heteroatoms. The van der Waals surface area contributed by atoms with Gasteiger partial charge >= 0.3 is 5.97 Å². The number of allylic oxidation sites excluding steroid dienone is 1. The first kappa shape index (κ1) is 27.8. The largest absolute Gasteiger partial charge is 0.478 e. The number of aromatic carboxylic acids is 1. The van der Waals surface area contributed by atoms with Crippen molar-refractivity contribution in [3.63, 3.8) is 0 Å². The average Bonchev–Trinajstić information content (AvgIpc) is 3.17. The molecule has 2 N–H and O–H groups in total. The Morgan fingerprint density at radius 1 is 1.18 bits per heavy atom. The average molecular weight is 544 g/mol. The van der Waals surface area contributed by atoms with Crippen molar-refractivity contribution in [2.45, 2.75) is 65.2 Å². The Kier molecular flexibility index (Phi) is 7.92. The second-order valence-electron chi connectivity index (χ2n) is 11.6. The third-order valence-electron chi connectivity index (χ3n) is 9.13. The quantitative estimate of drug-likeness (QED) is 0.327. The van der Waals surface area contributed by atoms with E-state index in [2.05, 4.69) is 30.2 Å². The molecule has 210 valence electrons. The summed E-state index contributed by atoms with van der Waals surface area (Å²) >= 11 is 0. The number of fused-ring (bicyclic) bond motifs is 1. The summed E-state index contributed by atoms with van der Waals surface area (Å²) in [6.07, 6.45) is 11.6. The lowest BCUT2D eigenvalue weighted by Crippen LogP contribution is -2.24. The van der Waals surface area contributed by atoms with Gasteiger partial charge in [-0.05, 0) is 98.1 Å². The van der Waals surface area contributed by atoms with Crippen LogP contribution in [0.4, 0.5) is 10.1 Å². The predicted octanol–water partition coefficient (Wildman–Crippen LogP) is 7.00. The van der Waals surface area contributed by atoms with Crippen LogP contribution in [0, 0.1) is 30.5 Å². The van der Waals surface area contributed by atoms with Crippen LogP contribution in [-0.4, -0.2) is 27.7 Å². The number of aryl methyl sites for hydroxylation is 1. The highest BCUT2D eigenvalue weighted by Gasteiger charge is 2.32. The normalized spacial score (nSPS) is 21.6. The summed E-state index contributed by atoms with van der Waals surface area (Å²) in [4.78, 5) is 29.0.